The number of esters is 1. The van der Waals surface area contributed by atoms with Crippen molar-refractivity contribution in [2.24, 2.45) is 5.73 Å². The summed E-state index contributed by atoms with van der Waals surface area (Å²) in [6.07, 6.45) is 0.368. The quantitative estimate of drug-likeness (QED) is 0.266. The van der Waals surface area contributed by atoms with E-state index in [9.17, 15) is 29.1 Å². The van der Waals surface area contributed by atoms with Crippen molar-refractivity contribution in [2.75, 3.05) is 12.4 Å². The molecule has 0 aromatic rings. The van der Waals surface area contributed by atoms with Gasteiger partial charge in [-0.15, -0.1) is 11.8 Å². The summed E-state index contributed by atoms with van der Waals surface area (Å²) in [5.41, 5.74) is 5.44. The van der Waals surface area contributed by atoms with E-state index in [-0.39, 0.29) is 37.3 Å². The van der Waals surface area contributed by atoms with Crippen molar-refractivity contribution in [3.05, 3.63) is 11.3 Å². The van der Waals surface area contributed by atoms with Crippen molar-refractivity contribution in [1.82, 2.24) is 10.2 Å². The Morgan fingerprint density at radius 2 is 2.04 bits per heavy atom. The largest absolute Gasteiger partial charge is 0.480 e. The molecule has 0 aliphatic carbocycles. The van der Waals surface area contributed by atoms with E-state index in [0.717, 1.165) is 4.90 Å². The zero-order chi connectivity index (χ0) is 21.0. The predicted octanol–water partition coefficient (Wildman–Crippen LogP) is -1.13. The van der Waals surface area contributed by atoms with Crippen LogP contribution in [0.15, 0.2) is 11.3 Å². The van der Waals surface area contributed by atoms with Gasteiger partial charge in [-0.2, -0.15) is 0 Å². The van der Waals surface area contributed by atoms with Gasteiger partial charge in [0.25, 0.3) is 5.91 Å². The van der Waals surface area contributed by atoms with E-state index < -0.39 is 47.2 Å². The van der Waals surface area contributed by atoms with Gasteiger partial charge in [-0.25, -0.2) is 4.79 Å². The van der Waals surface area contributed by atoms with Gasteiger partial charge in [0.05, 0.1) is 0 Å². The Hall–Kier alpha value is -2.60. The number of rotatable bonds is 9. The van der Waals surface area contributed by atoms with Crippen LogP contribution in [0.4, 0.5) is 0 Å². The minimum Gasteiger partial charge on any atom is -0.480 e. The van der Waals surface area contributed by atoms with Crippen LogP contribution >= 0.6 is 11.8 Å². The Balaban J connectivity index is 1.96. The van der Waals surface area contributed by atoms with Gasteiger partial charge in [-0.05, 0) is 12.8 Å². The van der Waals surface area contributed by atoms with Crippen LogP contribution in [0, 0.1) is 0 Å². The Morgan fingerprint density at radius 1 is 1.36 bits per heavy atom. The lowest BCUT2D eigenvalue weighted by atomic mass is 10.0. The molecular formula is C16H21N3O8S. The number of nitrogens with two attached hydrogens (primary N) is 1. The minimum atomic E-state index is -1.31. The molecule has 1 saturated heterocycles. The van der Waals surface area contributed by atoms with E-state index in [1.807, 2.05) is 0 Å². The first-order valence-electron chi connectivity index (χ1n) is 8.44. The molecule has 0 bridgehead atoms. The minimum absolute atomic E-state index is 0.00146. The fourth-order valence-electron chi connectivity index (χ4n) is 2.83. The number of β-lactam (4-membered cyclic amide) rings is 1. The van der Waals surface area contributed by atoms with Gasteiger partial charge in [0.1, 0.15) is 29.8 Å². The number of hydrogen-bond acceptors (Lipinski definition) is 8. The summed E-state index contributed by atoms with van der Waals surface area (Å²) in [5, 5.41) is 20.1. The average molecular weight is 415 g/mol. The Morgan fingerprint density at radius 3 is 2.61 bits per heavy atom. The van der Waals surface area contributed by atoms with Crippen LogP contribution in [0.2, 0.25) is 0 Å². The van der Waals surface area contributed by atoms with Crippen LogP contribution in [0.5, 0.6) is 0 Å². The standard InChI is InChI=1S/C16H21N3O8S/c1-7(20)27-5-8-6-28-14-11(13(22)19(14)12(8)16(25)26)18-10(21)4-2-3-9(17)15(23)24/h9,11,14H,2-6,17H2,1H3,(H,18,21)(H,23,24)(H,25,26)/t9-,11-,14-/m0/s1. The monoisotopic (exact) mass is 415 g/mol. The second kappa shape index (κ2) is 9.06. The van der Waals surface area contributed by atoms with Gasteiger partial charge in [0, 0.05) is 24.7 Å². The van der Waals surface area contributed by atoms with Crippen molar-refractivity contribution < 1.29 is 38.9 Å². The summed E-state index contributed by atoms with van der Waals surface area (Å²) < 4.78 is 4.84. The number of carbonyl (C=O) groups is 5. The highest BCUT2D eigenvalue weighted by molar-refractivity contribution is 8.00. The number of nitrogens with zero attached hydrogens (tertiary/aromatic N) is 1. The van der Waals surface area contributed by atoms with Gasteiger partial charge in [-0.1, -0.05) is 0 Å². The molecule has 2 aliphatic heterocycles. The molecule has 11 nitrogen and oxygen atoms in total. The van der Waals surface area contributed by atoms with Crippen molar-refractivity contribution in [1.29, 1.82) is 0 Å². The third kappa shape index (κ3) is 4.81. The molecule has 0 aromatic heterocycles. The number of carbonyl (C=O) groups excluding carboxylic acids is 3. The molecule has 0 spiro atoms. The van der Waals surface area contributed by atoms with Crippen LogP contribution in [0.25, 0.3) is 0 Å². The molecule has 2 amide bonds. The first-order valence-corrected chi connectivity index (χ1v) is 9.49. The van der Waals surface area contributed by atoms with E-state index in [0.29, 0.717) is 5.57 Å². The first-order chi connectivity index (χ1) is 13.1. The number of amides is 2. The molecule has 154 valence electrons. The van der Waals surface area contributed by atoms with Gasteiger partial charge in [0.15, 0.2) is 0 Å². The molecule has 3 atom stereocenters. The highest BCUT2D eigenvalue weighted by atomic mass is 32.2. The Labute approximate surface area is 164 Å². The maximum absolute atomic E-state index is 12.4. The fraction of sp³-hybridized carbons (Fsp3) is 0.562. The number of carboxylic acids is 2. The SMILES string of the molecule is CC(=O)OCC1=C(C(=O)O)N2C(=O)[C@H](NC(=O)CCC[C@H](N)C(=O)O)[C@@H]2SC1. The predicted molar refractivity (Wildman–Crippen MR) is 95.8 cm³/mol. The lowest BCUT2D eigenvalue weighted by molar-refractivity contribution is -0.151. The molecule has 5 N–H and O–H groups in total. The first kappa shape index (κ1) is 21.7. The zero-order valence-electron chi connectivity index (χ0n) is 15.0. The van der Waals surface area contributed by atoms with Crippen LogP contribution in [-0.4, -0.2) is 74.7 Å². The van der Waals surface area contributed by atoms with Crippen molar-refractivity contribution in [2.45, 2.75) is 43.6 Å². The summed E-state index contributed by atoms with van der Waals surface area (Å²) in [6.45, 7) is 0.977. The number of aliphatic carboxylic acids is 2. The molecule has 12 heteroatoms. The molecule has 2 rings (SSSR count). The molecule has 2 aliphatic rings. The molecule has 28 heavy (non-hydrogen) atoms. The number of hydrogen-bond donors (Lipinski definition) is 4. The molecule has 1 fully saturated rings. The lowest BCUT2D eigenvalue weighted by Gasteiger charge is -2.49. The number of ether oxygens (including phenoxy) is 1. The van der Waals surface area contributed by atoms with Gasteiger partial charge >= 0.3 is 17.9 Å². The van der Waals surface area contributed by atoms with Crippen LogP contribution in [0.1, 0.15) is 26.2 Å². The van der Waals surface area contributed by atoms with Crippen molar-refractivity contribution in [3.8, 4) is 0 Å². The second-order valence-corrected chi connectivity index (χ2v) is 7.43. The number of carboxylic acid groups (broad SMARTS) is 2. The van der Waals surface area contributed by atoms with Crippen molar-refractivity contribution >= 4 is 41.5 Å². The highest BCUT2D eigenvalue weighted by Gasteiger charge is 2.54. The second-order valence-electron chi connectivity index (χ2n) is 6.33. The molecule has 0 aromatic carbocycles. The maximum atomic E-state index is 12.4. The fourth-order valence-corrected chi connectivity index (χ4v) is 4.16. The normalized spacial score (nSPS) is 22.1. The molecule has 2 heterocycles. The van der Waals surface area contributed by atoms with Crippen LogP contribution in [-0.2, 0) is 28.7 Å². The molecule has 0 saturated carbocycles. The summed E-state index contributed by atoms with van der Waals surface area (Å²) in [5.74, 6) is -3.79. The van der Waals surface area contributed by atoms with Crippen molar-refractivity contribution in [3.63, 3.8) is 0 Å². The number of nitrogens with one attached hydrogen (secondary N) is 1. The van der Waals surface area contributed by atoms with E-state index in [4.69, 9.17) is 15.6 Å². The maximum Gasteiger partial charge on any atom is 0.352 e. The molecule has 0 radical (unpaired) electrons. The molecular weight excluding hydrogens is 394 g/mol. The van der Waals surface area contributed by atoms with E-state index in [1.54, 1.807) is 0 Å². The Bertz CT molecular complexity index is 737. The van der Waals surface area contributed by atoms with E-state index in [2.05, 4.69) is 5.32 Å². The topological polar surface area (TPSA) is 176 Å². The lowest BCUT2D eigenvalue weighted by Crippen LogP contribution is -2.70. The zero-order valence-corrected chi connectivity index (χ0v) is 15.9. The summed E-state index contributed by atoms with van der Waals surface area (Å²) in [4.78, 5) is 58.7. The summed E-state index contributed by atoms with van der Waals surface area (Å²) in [7, 11) is 0. The smallest absolute Gasteiger partial charge is 0.352 e. The van der Waals surface area contributed by atoms with Gasteiger partial charge in [-0.3, -0.25) is 24.1 Å². The van der Waals surface area contributed by atoms with Crippen LogP contribution in [0.3, 0.4) is 0 Å². The third-order valence-corrected chi connectivity index (χ3v) is 5.59. The van der Waals surface area contributed by atoms with Crippen LogP contribution < -0.4 is 11.1 Å². The average Bonchev–Trinajstić information content (AvgIpc) is 2.62. The van der Waals surface area contributed by atoms with Gasteiger partial charge in [0.2, 0.25) is 5.91 Å². The van der Waals surface area contributed by atoms with Gasteiger partial charge < -0.3 is 26.0 Å². The number of thioether (sulfide) groups is 1. The number of fused-ring (bicyclic) bond motifs is 1. The van der Waals surface area contributed by atoms with E-state index in [1.165, 1.54) is 18.7 Å². The highest BCUT2D eigenvalue weighted by Crippen LogP contribution is 2.40. The summed E-state index contributed by atoms with van der Waals surface area (Å²) >= 11 is 1.26. The molecule has 0 unspecified atom stereocenters. The van der Waals surface area contributed by atoms with E-state index >= 15 is 0 Å². The third-order valence-electron chi connectivity index (χ3n) is 4.25. The summed E-state index contributed by atoms with van der Waals surface area (Å²) in [6, 6.07) is -1.92. The Kier molecular flexibility index (Phi) is 7.02.